The molecule has 3 rings (SSSR count). The van der Waals surface area contributed by atoms with Crippen LogP contribution in [0, 0.1) is 0 Å². The van der Waals surface area contributed by atoms with E-state index >= 15 is 0 Å². The number of aromatic nitrogens is 3. The number of hydrogen-bond acceptors (Lipinski definition) is 4. The van der Waals surface area contributed by atoms with Gasteiger partial charge in [0.15, 0.2) is 0 Å². The van der Waals surface area contributed by atoms with Crippen LogP contribution in [0.25, 0.3) is 0 Å². The van der Waals surface area contributed by atoms with E-state index in [1.54, 1.807) is 15.1 Å². The van der Waals surface area contributed by atoms with Crippen molar-refractivity contribution in [3.63, 3.8) is 0 Å². The largest absolute Gasteiger partial charge is 0.313 e. The molecule has 2 aromatic rings. The van der Waals surface area contributed by atoms with Gasteiger partial charge in [0.05, 0.1) is 5.69 Å². The van der Waals surface area contributed by atoms with Crippen LogP contribution < -0.4 is 5.32 Å². The Labute approximate surface area is 124 Å². The lowest BCUT2D eigenvalue weighted by molar-refractivity contribution is 0.395. The molecule has 5 heteroatoms. The lowest BCUT2D eigenvalue weighted by Crippen LogP contribution is -2.38. The fourth-order valence-corrected chi connectivity index (χ4v) is 4.27. The maximum atomic E-state index is 4.25. The summed E-state index contributed by atoms with van der Waals surface area (Å²) in [6.07, 6.45) is 6.83. The molecule has 4 nitrogen and oxygen atoms in total. The SMILES string of the molecule is CCNC(Cc1cn(C)nn1)C1CCCc2sccc21. The number of aryl methyl sites for hydroxylation is 2. The lowest BCUT2D eigenvalue weighted by atomic mass is 9.81. The van der Waals surface area contributed by atoms with Crippen molar-refractivity contribution in [2.24, 2.45) is 7.05 Å². The molecule has 2 aromatic heterocycles. The van der Waals surface area contributed by atoms with Gasteiger partial charge in [-0.1, -0.05) is 12.1 Å². The summed E-state index contributed by atoms with van der Waals surface area (Å²) in [5.74, 6) is 0.618. The minimum absolute atomic E-state index is 0.463. The molecule has 0 bridgehead atoms. The van der Waals surface area contributed by atoms with Gasteiger partial charge in [-0.15, -0.1) is 16.4 Å². The fraction of sp³-hybridized carbons (Fsp3) is 0.600. The van der Waals surface area contributed by atoms with Crippen LogP contribution in [0.5, 0.6) is 0 Å². The van der Waals surface area contributed by atoms with Crippen LogP contribution in [0.15, 0.2) is 17.6 Å². The van der Waals surface area contributed by atoms with Crippen molar-refractivity contribution in [2.75, 3.05) is 6.54 Å². The summed E-state index contributed by atoms with van der Waals surface area (Å²) in [5, 5.41) is 14.2. The number of hydrogen-bond donors (Lipinski definition) is 1. The molecule has 0 saturated carbocycles. The molecule has 2 unspecified atom stereocenters. The fourth-order valence-electron chi connectivity index (χ4n) is 3.27. The predicted octanol–water partition coefficient (Wildman–Crippen LogP) is 2.52. The number of likely N-dealkylation sites (N-methyl/N-ethyl adjacent to an activating group) is 1. The maximum absolute atomic E-state index is 4.25. The number of nitrogens with zero attached hydrogens (tertiary/aromatic N) is 3. The highest BCUT2D eigenvalue weighted by Crippen LogP contribution is 2.37. The molecular formula is C15H22N4S. The minimum Gasteiger partial charge on any atom is -0.313 e. The second-order valence-electron chi connectivity index (χ2n) is 5.55. The Morgan fingerprint density at radius 2 is 2.45 bits per heavy atom. The highest BCUT2D eigenvalue weighted by atomic mass is 32.1. The number of rotatable bonds is 5. The molecule has 0 fully saturated rings. The summed E-state index contributed by atoms with van der Waals surface area (Å²) in [7, 11) is 1.93. The average molecular weight is 290 g/mol. The summed E-state index contributed by atoms with van der Waals surface area (Å²) < 4.78 is 1.79. The summed E-state index contributed by atoms with van der Waals surface area (Å²) in [5.41, 5.74) is 2.65. The summed E-state index contributed by atoms with van der Waals surface area (Å²) >= 11 is 1.92. The van der Waals surface area contributed by atoms with Crippen LogP contribution in [0.1, 0.15) is 41.8 Å². The Morgan fingerprint density at radius 1 is 1.55 bits per heavy atom. The molecule has 2 heterocycles. The number of fused-ring (bicyclic) bond motifs is 1. The Morgan fingerprint density at radius 3 is 3.20 bits per heavy atom. The van der Waals surface area contributed by atoms with Gasteiger partial charge in [-0.3, -0.25) is 4.68 Å². The molecule has 0 aromatic carbocycles. The van der Waals surface area contributed by atoms with Gasteiger partial charge < -0.3 is 5.32 Å². The van der Waals surface area contributed by atoms with Crippen LogP contribution in [0.2, 0.25) is 0 Å². The van der Waals surface area contributed by atoms with E-state index in [-0.39, 0.29) is 0 Å². The first kappa shape index (κ1) is 13.8. The van der Waals surface area contributed by atoms with Gasteiger partial charge in [-0.05, 0) is 42.8 Å². The smallest absolute Gasteiger partial charge is 0.0842 e. The molecule has 20 heavy (non-hydrogen) atoms. The van der Waals surface area contributed by atoms with Gasteiger partial charge in [0.1, 0.15) is 0 Å². The average Bonchev–Trinajstić information content (AvgIpc) is 3.06. The van der Waals surface area contributed by atoms with Crippen LogP contribution in [-0.4, -0.2) is 27.6 Å². The van der Waals surface area contributed by atoms with Crippen molar-refractivity contribution < 1.29 is 0 Å². The normalized spacial score (nSPS) is 19.8. The Balaban J connectivity index is 1.81. The highest BCUT2D eigenvalue weighted by molar-refractivity contribution is 7.10. The predicted molar refractivity (Wildman–Crippen MR) is 82.2 cm³/mol. The van der Waals surface area contributed by atoms with Crippen LogP contribution in [0.3, 0.4) is 0 Å². The Hall–Kier alpha value is -1.20. The van der Waals surface area contributed by atoms with E-state index in [1.165, 1.54) is 19.3 Å². The van der Waals surface area contributed by atoms with Gasteiger partial charge in [-0.2, -0.15) is 0 Å². The van der Waals surface area contributed by atoms with Crippen molar-refractivity contribution in [1.82, 2.24) is 20.3 Å². The third-order valence-electron chi connectivity index (χ3n) is 4.13. The molecule has 108 valence electrons. The zero-order valence-corrected chi connectivity index (χ0v) is 13.0. The Kier molecular flexibility index (Phi) is 4.17. The van der Waals surface area contributed by atoms with E-state index in [0.717, 1.165) is 18.7 Å². The molecule has 0 saturated heterocycles. The van der Waals surface area contributed by atoms with Crippen molar-refractivity contribution >= 4 is 11.3 Å². The molecule has 1 N–H and O–H groups in total. The van der Waals surface area contributed by atoms with Crippen LogP contribution in [-0.2, 0) is 19.9 Å². The molecule has 0 aliphatic heterocycles. The van der Waals surface area contributed by atoms with Crippen LogP contribution in [0.4, 0.5) is 0 Å². The quantitative estimate of drug-likeness (QED) is 0.920. The molecule has 2 atom stereocenters. The lowest BCUT2D eigenvalue weighted by Gasteiger charge is -2.31. The summed E-state index contributed by atoms with van der Waals surface area (Å²) in [6.45, 7) is 3.18. The first-order chi connectivity index (χ1) is 9.78. The van der Waals surface area contributed by atoms with E-state index in [1.807, 2.05) is 24.6 Å². The molecule has 1 aliphatic carbocycles. The van der Waals surface area contributed by atoms with Crippen molar-refractivity contribution in [1.29, 1.82) is 0 Å². The topological polar surface area (TPSA) is 42.7 Å². The molecular weight excluding hydrogens is 268 g/mol. The Bertz CT molecular complexity index is 560. The van der Waals surface area contributed by atoms with E-state index in [4.69, 9.17) is 0 Å². The van der Waals surface area contributed by atoms with E-state index in [2.05, 4.69) is 34.0 Å². The first-order valence-corrected chi connectivity index (χ1v) is 8.30. The highest BCUT2D eigenvalue weighted by Gasteiger charge is 2.28. The zero-order valence-electron chi connectivity index (χ0n) is 12.2. The zero-order chi connectivity index (χ0) is 13.9. The van der Waals surface area contributed by atoms with Crippen molar-refractivity contribution in [3.05, 3.63) is 33.8 Å². The van der Waals surface area contributed by atoms with Gasteiger partial charge in [0, 0.05) is 36.5 Å². The molecule has 0 spiro atoms. The standard InChI is InChI=1S/C15H22N4S/c1-3-16-14(9-11-10-19(2)18-17-11)12-5-4-6-15-13(12)7-8-20-15/h7-8,10,12,14,16H,3-6,9H2,1-2H3. The third kappa shape index (κ3) is 2.79. The van der Waals surface area contributed by atoms with Gasteiger partial charge in [0.2, 0.25) is 0 Å². The third-order valence-corrected chi connectivity index (χ3v) is 5.13. The molecule has 0 amide bonds. The van der Waals surface area contributed by atoms with Crippen LogP contribution >= 0.6 is 11.3 Å². The number of nitrogens with one attached hydrogen (secondary N) is 1. The maximum Gasteiger partial charge on any atom is 0.0842 e. The van der Waals surface area contributed by atoms with Gasteiger partial charge >= 0.3 is 0 Å². The van der Waals surface area contributed by atoms with E-state index in [0.29, 0.717) is 12.0 Å². The monoisotopic (exact) mass is 290 g/mol. The second-order valence-corrected chi connectivity index (χ2v) is 6.55. The molecule has 1 aliphatic rings. The van der Waals surface area contributed by atoms with Gasteiger partial charge in [-0.25, -0.2) is 0 Å². The first-order valence-electron chi connectivity index (χ1n) is 7.42. The van der Waals surface area contributed by atoms with Gasteiger partial charge in [0.25, 0.3) is 0 Å². The van der Waals surface area contributed by atoms with E-state index < -0.39 is 0 Å². The molecule has 0 radical (unpaired) electrons. The van der Waals surface area contributed by atoms with E-state index in [9.17, 15) is 0 Å². The summed E-state index contributed by atoms with van der Waals surface area (Å²) in [4.78, 5) is 1.59. The summed E-state index contributed by atoms with van der Waals surface area (Å²) in [6, 6.07) is 2.79. The minimum atomic E-state index is 0.463. The second kappa shape index (κ2) is 6.06. The van der Waals surface area contributed by atoms with Crippen molar-refractivity contribution in [2.45, 2.75) is 44.6 Å². The number of thiophene rings is 1. The van der Waals surface area contributed by atoms with Crippen molar-refractivity contribution in [3.8, 4) is 0 Å².